The van der Waals surface area contributed by atoms with Crippen LogP contribution in [0.5, 0.6) is 0 Å². The van der Waals surface area contributed by atoms with Gasteiger partial charge in [0.2, 0.25) is 5.76 Å². The van der Waals surface area contributed by atoms with Crippen molar-refractivity contribution in [2.75, 3.05) is 13.7 Å². The van der Waals surface area contributed by atoms with Gasteiger partial charge in [0.1, 0.15) is 6.04 Å². The van der Waals surface area contributed by atoms with E-state index in [4.69, 9.17) is 13.7 Å². The minimum absolute atomic E-state index is 0.176. The lowest BCUT2D eigenvalue weighted by Gasteiger charge is -2.32. The second-order valence-corrected chi connectivity index (χ2v) is 5.17. The molecule has 1 unspecified atom stereocenters. The molecule has 21 heavy (non-hydrogen) atoms. The molecule has 1 fully saturated rings. The molecule has 1 atom stereocenters. The fourth-order valence-corrected chi connectivity index (χ4v) is 2.71. The summed E-state index contributed by atoms with van der Waals surface area (Å²) in [6, 6.07) is 5.28. The Bertz CT molecular complexity index is 591. The van der Waals surface area contributed by atoms with E-state index in [0.29, 0.717) is 18.1 Å². The molecule has 2 aromatic heterocycles. The van der Waals surface area contributed by atoms with Gasteiger partial charge < -0.3 is 13.7 Å². The molecule has 112 valence electrons. The molecule has 0 N–H and O–H groups in total. The predicted octanol–water partition coefficient (Wildman–Crippen LogP) is 2.46. The Hall–Kier alpha value is -2.08. The zero-order chi connectivity index (χ0) is 14.7. The Morgan fingerprint density at radius 3 is 3.14 bits per heavy atom. The molecular weight excluding hydrogens is 272 g/mol. The maximum absolute atomic E-state index is 11.8. The lowest BCUT2D eigenvalue weighted by molar-refractivity contribution is -0.148. The van der Waals surface area contributed by atoms with Gasteiger partial charge in [-0.15, -0.1) is 0 Å². The van der Waals surface area contributed by atoms with Crippen LogP contribution in [0.25, 0.3) is 11.5 Å². The van der Waals surface area contributed by atoms with Crippen molar-refractivity contribution in [1.29, 1.82) is 0 Å². The minimum Gasteiger partial charge on any atom is -0.468 e. The van der Waals surface area contributed by atoms with E-state index in [1.807, 2.05) is 12.1 Å². The van der Waals surface area contributed by atoms with Gasteiger partial charge in [0.15, 0.2) is 5.76 Å². The van der Waals surface area contributed by atoms with Crippen molar-refractivity contribution in [3.63, 3.8) is 0 Å². The average Bonchev–Trinajstić information content (AvgIpc) is 3.18. The maximum atomic E-state index is 11.8. The van der Waals surface area contributed by atoms with Crippen molar-refractivity contribution >= 4 is 5.97 Å². The Morgan fingerprint density at radius 1 is 1.48 bits per heavy atom. The number of furan rings is 1. The molecule has 3 heterocycles. The number of hydrogen-bond donors (Lipinski definition) is 0. The number of carbonyl (C=O) groups excluding carboxylic acids is 1. The van der Waals surface area contributed by atoms with Crippen molar-refractivity contribution in [3.8, 4) is 11.5 Å². The summed E-state index contributed by atoms with van der Waals surface area (Å²) in [6.07, 6.45) is 4.55. The number of methoxy groups -OCH3 is 1. The first-order valence-electron chi connectivity index (χ1n) is 7.09. The molecule has 3 rings (SSSR count). The number of likely N-dealkylation sites (tertiary alicyclic amines) is 1. The van der Waals surface area contributed by atoms with Crippen molar-refractivity contribution in [2.24, 2.45) is 0 Å². The first-order valence-corrected chi connectivity index (χ1v) is 7.09. The number of esters is 1. The summed E-state index contributed by atoms with van der Waals surface area (Å²) >= 11 is 0. The molecule has 2 aromatic rings. The summed E-state index contributed by atoms with van der Waals surface area (Å²) in [7, 11) is 1.43. The Kier molecular flexibility index (Phi) is 4.06. The van der Waals surface area contributed by atoms with Gasteiger partial charge >= 0.3 is 5.97 Å². The SMILES string of the molecule is COC(=O)C1CCCCN1Cc1cc(-c2ccco2)on1. The molecule has 0 aromatic carbocycles. The van der Waals surface area contributed by atoms with Crippen LogP contribution >= 0.6 is 0 Å². The molecule has 6 heteroatoms. The van der Waals surface area contributed by atoms with Crippen LogP contribution in [0.1, 0.15) is 25.0 Å². The third-order valence-corrected chi connectivity index (χ3v) is 3.77. The molecule has 0 saturated carbocycles. The highest BCUT2D eigenvalue weighted by molar-refractivity contribution is 5.75. The molecule has 0 amide bonds. The van der Waals surface area contributed by atoms with Crippen molar-refractivity contribution in [3.05, 3.63) is 30.2 Å². The van der Waals surface area contributed by atoms with E-state index in [2.05, 4.69) is 10.1 Å². The van der Waals surface area contributed by atoms with E-state index >= 15 is 0 Å². The second kappa shape index (κ2) is 6.13. The number of piperidine rings is 1. The van der Waals surface area contributed by atoms with Crippen LogP contribution in [0.4, 0.5) is 0 Å². The van der Waals surface area contributed by atoms with Gasteiger partial charge in [0.05, 0.1) is 19.1 Å². The monoisotopic (exact) mass is 290 g/mol. The standard InChI is InChI=1S/C15H18N2O4/c1-19-15(18)12-5-2-3-7-17(12)10-11-9-14(21-16-11)13-6-4-8-20-13/h4,6,8-9,12H,2-3,5,7,10H2,1H3. The number of hydrogen-bond acceptors (Lipinski definition) is 6. The van der Waals surface area contributed by atoms with Crippen LogP contribution in [0, 0.1) is 0 Å². The van der Waals surface area contributed by atoms with Crippen LogP contribution in [-0.4, -0.2) is 35.7 Å². The molecule has 0 spiro atoms. The maximum Gasteiger partial charge on any atom is 0.323 e. The fourth-order valence-electron chi connectivity index (χ4n) is 2.71. The Labute approximate surface area is 122 Å². The largest absolute Gasteiger partial charge is 0.468 e. The molecule has 1 aliphatic rings. The van der Waals surface area contributed by atoms with E-state index < -0.39 is 0 Å². The van der Waals surface area contributed by atoms with E-state index in [9.17, 15) is 4.79 Å². The van der Waals surface area contributed by atoms with Gasteiger partial charge in [-0.25, -0.2) is 0 Å². The average molecular weight is 290 g/mol. The number of nitrogens with zero attached hydrogens (tertiary/aromatic N) is 2. The van der Waals surface area contributed by atoms with Crippen molar-refractivity contribution in [1.82, 2.24) is 10.1 Å². The summed E-state index contributed by atoms with van der Waals surface area (Å²) in [5.41, 5.74) is 0.789. The predicted molar refractivity (Wildman–Crippen MR) is 74.3 cm³/mol. The molecule has 1 aliphatic heterocycles. The first-order chi connectivity index (χ1) is 10.3. The van der Waals surface area contributed by atoms with E-state index in [0.717, 1.165) is 31.5 Å². The van der Waals surface area contributed by atoms with Crippen LogP contribution in [0.15, 0.2) is 33.4 Å². The summed E-state index contributed by atoms with van der Waals surface area (Å²) < 4.78 is 15.4. The van der Waals surface area contributed by atoms with E-state index in [1.165, 1.54) is 7.11 Å². The van der Waals surface area contributed by atoms with Gasteiger partial charge in [-0.3, -0.25) is 9.69 Å². The number of carbonyl (C=O) groups is 1. The van der Waals surface area contributed by atoms with Crippen LogP contribution in [0.2, 0.25) is 0 Å². The molecule has 1 saturated heterocycles. The third kappa shape index (κ3) is 3.00. The summed E-state index contributed by atoms with van der Waals surface area (Å²) in [4.78, 5) is 13.9. The minimum atomic E-state index is -0.187. The van der Waals surface area contributed by atoms with E-state index in [1.54, 1.807) is 12.3 Å². The lowest BCUT2D eigenvalue weighted by atomic mass is 10.0. The Morgan fingerprint density at radius 2 is 2.38 bits per heavy atom. The highest BCUT2D eigenvalue weighted by Gasteiger charge is 2.30. The third-order valence-electron chi connectivity index (χ3n) is 3.77. The van der Waals surface area contributed by atoms with Crippen molar-refractivity contribution in [2.45, 2.75) is 31.8 Å². The molecule has 0 bridgehead atoms. The highest BCUT2D eigenvalue weighted by atomic mass is 16.5. The van der Waals surface area contributed by atoms with Gasteiger partial charge in [0.25, 0.3) is 0 Å². The number of aromatic nitrogens is 1. The van der Waals surface area contributed by atoms with Gasteiger partial charge in [-0.05, 0) is 31.5 Å². The van der Waals surface area contributed by atoms with Crippen molar-refractivity contribution < 1.29 is 18.5 Å². The van der Waals surface area contributed by atoms with Crippen LogP contribution in [-0.2, 0) is 16.1 Å². The lowest BCUT2D eigenvalue weighted by Crippen LogP contribution is -2.44. The zero-order valence-electron chi connectivity index (χ0n) is 11.9. The fraction of sp³-hybridized carbons (Fsp3) is 0.467. The quantitative estimate of drug-likeness (QED) is 0.806. The van der Waals surface area contributed by atoms with Gasteiger partial charge in [0, 0.05) is 12.6 Å². The summed E-state index contributed by atoms with van der Waals surface area (Å²) in [5.74, 6) is 1.07. The molecule has 6 nitrogen and oxygen atoms in total. The first kappa shape index (κ1) is 13.9. The second-order valence-electron chi connectivity index (χ2n) is 5.17. The highest BCUT2D eigenvalue weighted by Crippen LogP contribution is 2.24. The summed E-state index contributed by atoms with van der Waals surface area (Å²) in [6.45, 7) is 1.44. The summed E-state index contributed by atoms with van der Waals surface area (Å²) in [5, 5.41) is 4.06. The normalized spacial score (nSPS) is 19.6. The van der Waals surface area contributed by atoms with Gasteiger partial charge in [-0.1, -0.05) is 11.6 Å². The zero-order valence-corrected chi connectivity index (χ0v) is 11.9. The molecule has 0 radical (unpaired) electrons. The smallest absolute Gasteiger partial charge is 0.323 e. The number of rotatable bonds is 4. The van der Waals surface area contributed by atoms with Crippen LogP contribution in [0.3, 0.4) is 0 Å². The van der Waals surface area contributed by atoms with Gasteiger partial charge in [-0.2, -0.15) is 0 Å². The van der Waals surface area contributed by atoms with E-state index in [-0.39, 0.29) is 12.0 Å². The molecular formula is C15H18N2O4. The topological polar surface area (TPSA) is 68.7 Å². The van der Waals surface area contributed by atoms with Crippen LogP contribution < -0.4 is 0 Å². The molecule has 0 aliphatic carbocycles. The Balaban J connectivity index is 1.71. The number of ether oxygens (including phenoxy) is 1.